The molecule has 158 valence electrons. The number of nitrogens with one attached hydrogen (secondary N) is 1. The molecule has 0 aliphatic carbocycles. The predicted octanol–water partition coefficient (Wildman–Crippen LogP) is 4.83. The fourth-order valence-electron chi connectivity index (χ4n) is 2.71. The number of carbonyl (C=O) groups excluding carboxylic acids is 2. The average molecular weight is 438 g/mol. The number of carbonyl (C=O) groups is 2. The lowest BCUT2D eigenvalue weighted by Gasteiger charge is -2.15. The summed E-state index contributed by atoms with van der Waals surface area (Å²) in [6.45, 7) is -0.265. The third-order valence-corrected chi connectivity index (χ3v) is 5.14. The van der Waals surface area contributed by atoms with Crippen molar-refractivity contribution >= 4 is 34.7 Å². The molecule has 30 heavy (non-hydrogen) atoms. The van der Waals surface area contributed by atoms with E-state index >= 15 is 0 Å². The molecule has 1 heterocycles. The molecule has 0 unspecified atom stereocenters. The van der Waals surface area contributed by atoms with Gasteiger partial charge >= 0.3 is 6.18 Å². The van der Waals surface area contributed by atoms with Crippen molar-refractivity contribution in [3.63, 3.8) is 0 Å². The van der Waals surface area contributed by atoms with Crippen LogP contribution >= 0.6 is 11.8 Å². The van der Waals surface area contributed by atoms with Gasteiger partial charge in [0.1, 0.15) is 11.5 Å². The van der Waals surface area contributed by atoms with Crippen LogP contribution in [-0.2, 0) is 11.0 Å². The van der Waals surface area contributed by atoms with Gasteiger partial charge < -0.3 is 14.8 Å². The SMILES string of the molecule is COc1ccc(OC)c(/C=C2/SC(=O)N(CNc3cccc(C(F)(F)F)c3)C2=O)c1. The molecule has 0 saturated carbocycles. The molecule has 0 radical (unpaired) electrons. The highest BCUT2D eigenvalue weighted by Crippen LogP contribution is 2.35. The van der Waals surface area contributed by atoms with Crippen LogP contribution in [0.3, 0.4) is 0 Å². The van der Waals surface area contributed by atoms with E-state index in [0.29, 0.717) is 17.1 Å². The minimum atomic E-state index is -4.49. The highest BCUT2D eigenvalue weighted by Gasteiger charge is 2.35. The summed E-state index contributed by atoms with van der Waals surface area (Å²) in [5.41, 5.74) is -0.137. The maximum Gasteiger partial charge on any atom is 0.416 e. The van der Waals surface area contributed by atoms with E-state index in [4.69, 9.17) is 9.47 Å². The number of nitrogens with zero attached hydrogens (tertiary/aromatic N) is 1. The minimum Gasteiger partial charge on any atom is -0.497 e. The van der Waals surface area contributed by atoms with Crippen LogP contribution in [0.4, 0.5) is 23.7 Å². The maximum absolute atomic E-state index is 12.8. The summed E-state index contributed by atoms with van der Waals surface area (Å²) in [7, 11) is 2.97. The van der Waals surface area contributed by atoms with Crippen molar-refractivity contribution in [2.75, 3.05) is 26.2 Å². The van der Waals surface area contributed by atoms with E-state index in [0.717, 1.165) is 28.8 Å². The van der Waals surface area contributed by atoms with Crippen molar-refractivity contribution in [3.8, 4) is 11.5 Å². The van der Waals surface area contributed by atoms with E-state index < -0.39 is 22.9 Å². The number of ether oxygens (including phenoxy) is 2. The van der Waals surface area contributed by atoms with Gasteiger partial charge in [-0.3, -0.25) is 14.5 Å². The molecule has 10 heteroatoms. The number of imide groups is 1. The Balaban J connectivity index is 1.77. The van der Waals surface area contributed by atoms with Crippen LogP contribution in [0.2, 0.25) is 0 Å². The van der Waals surface area contributed by atoms with Crippen molar-refractivity contribution in [2.24, 2.45) is 0 Å². The van der Waals surface area contributed by atoms with E-state index in [-0.39, 0.29) is 17.3 Å². The summed E-state index contributed by atoms with van der Waals surface area (Å²) in [6.07, 6.45) is -2.98. The Bertz CT molecular complexity index is 1010. The molecule has 1 aliphatic heterocycles. The second-order valence-electron chi connectivity index (χ2n) is 6.13. The summed E-state index contributed by atoms with van der Waals surface area (Å²) in [5.74, 6) is 0.478. The van der Waals surface area contributed by atoms with Gasteiger partial charge in [-0.1, -0.05) is 6.07 Å². The van der Waals surface area contributed by atoms with E-state index in [1.807, 2.05) is 0 Å². The van der Waals surface area contributed by atoms with Gasteiger partial charge in [-0.05, 0) is 54.2 Å². The van der Waals surface area contributed by atoms with Crippen LogP contribution in [-0.4, -0.2) is 36.9 Å². The number of alkyl halides is 3. The summed E-state index contributed by atoms with van der Waals surface area (Å²) < 4.78 is 48.9. The number of rotatable bonds is 6. The van der Waals surface area contributed by atoms with Crippen molar-refractivity contribution in [3.05, 3.63) is 58.5 Å². The molecular weight excluding hydrogens is 421 g/mol. The van der Waals surface area contributed by atoms with Gasteiger partial charge in [0.15, 0.2) is 0 Å². The Morgan fingerprint density at radius 1 is 1.10 bits per heavy atom. The van der Waals surface area contributed by atoms with Crippen molar-refractivity contribution in [2.45, 2.75) is 6.18 Å². The number of hydrogen-bond acceptors (Lipinski definition) is 6. The molecule has 2 amide bonds. The standard InChI is InChI=1S/C20H17F3N2O4S/c1-28-15-6-7-16(29-2)12(8-15)9-17-18(26)25(19(27)30-17)11-24-14-5-3-4-13(10-14)20(21,22)23/h3-10,24H,11H2,1-2H3/b17-9+. The molecule has 0 spiro atoms. The first kappa shape index (κ1) is 21.6. The first-order valence-corrected chi connectivity index (χ1v) is 9.43. The third-order valence-electron chi connectivity index (χ3n) is 4.23. The van der Waals surface area contributed by atoms with Crippen molar-refractivity contribution < 1.29 is 32.2 Å². The topological polar surface area (TPSA) is 67.9 Å². The maximum atomic E-state index is 12.8. The molecule has 1 aliphatic rings. The van der Waals surface area contributed by atoms with Crippen LogP contribution in [0.15, 0.2) is 47.4 Å². The normalized spacial score (nSPS) is 15.6. The van der Waals surface area contributed by atoms with Gasteiger partial charge in [-0.2, -0.15) is 13.2 Å². The fourth-order valence-corrected chi connectivity index (χ4v) is 3.53. The third kappa shape index (κ3) is 4.70. The van der Waals surface area contributed by atoms with Gasteiger partial charge in [-0.15, -0.1) is 0 Å². The summed E-state index contributed by atoms with van der Waals surface area (Å²) in [5, 5.41) is 2.15. The Hall–Kier alpha value is -3.14. The molecule has 1 N–H and O–H groups in total. The lowest BCUT2D eigenvalue weighted by atomic mass is 10.1. The highest BCUT2D eigenvalue weighted by molar-refractivity contribution is 8.18. The van der Waals surface area contributed by atoms with Gasteiger partial charge in [0.25, 0.3) is 11.1 Å². The number of methoxy groups -OCH3 is 2. The molecule has 2 aromatic rings. The van der Waals surface area contributed by atoms with Crippen LogP contribution in [0.25, 0.3) is 6.08 Å². The quantitative estimate of drug-likeness (QED) is 0.652. The zero-order valence-electron chi connectivity index (χ0n) is 15.9. The molecule has 1 saturated heterocycles. The molecule has 1 fully saturated rings. The summed E-state index contributed by atoms with van der Waals surface area (Å²) >= 11 is 0.734. The average Bonchev–Trinajstić information content (AvgIpc) is 2.98. The number of hydrogen-bond donors (Lipinski definition) is 1. The van der Waals surface area contributed by atoms with Crippen LogP contribution in [0.1, 0.15) is 11.1 Å². The number of anilines is 1. The van der Waals surface area contributed by atoms with Gasteiger partial charge in [-0.25, -0.2) is 0 Å². The monoisotopic (exact) mass is 438 g/mol. The fraction of sp³-hybridized carbons (Fsp3) is 0.200. The van der Waals surface area contributed by atoms with Crippen molar-refractivity contribution in [1.82, 2.24) is 4.90 Å². The highest BCUT2D eigenvalue weighted by atomic mass is 32.2. The van der Waals surface area contributed by atoms with E-state index in [2.05, 4.69) is 5.32 Å². The number of benzene rings is 2. The Morgan fingerprint density at radius 2 is 1.87 bits per heavy atom. The molecule has 6 nitrogen and oxygen atoms in total. The molecular formula is C20H17F3N2O4S. The smallest absolute Gasteiger partial charge is 0.416 e. The molecule has 0 aromatic heterocycles. The predicted molar refractivity (Wildman–Crippen MR) is 107 cm³/mol. The first-order valence-electron chi connectivity index (χ1n) is 8.61. The Morgan fingerprint density at radius 3 is 2.53 bits per heavy atom. The van der Waals surface area contributed by atoms with Gasteiger partial charge in [0.2, 0.25) is 0 Å². The van der Waals surface area contributed by atoms with Crippen molar-refractivity contribution in [1.29, 1.82) is 0 Å². The second kappa shape index (κ2) is 8.70. The summed E-state index contributed by atoms with van der Waals surface area (Å²) in [4.78, 5) is 26.0. The van der Waals surface area contributed by atoms with Gasteiger partial charge in [0.05, 0.1) is 31.4 Å². The van der Waals surface area contributed by atoms with E-state index in [9.17, 15) is 22.8 Å². The lowest BCUT2D eigenvalue weighted by Crippen LogP contribution is -2.33. The largest absolute Gasteiger partial charge is 0.497 e. The van der Waals surface area contributed by atoms with Crippen LogP contribution < -0.4 is 14.8 Å². The molecule has 0 atom stereocenters. The van der Waals surface area contributed by atoms with E-state index in [1.165, 1.54) is 32.4 Å². The molecule has 2 aromatic carbocycles. The van der Waals surface area contributed by atoms with E-state index in [1.54, 1.807) is 18.2 Å². The molecule has 3 rings (SSSR count). The summed E-state index contributed by atoms with van der Waals surface area (Å²) in [6, 6.07) is 9.55. The number of halogens is 3. The van der Waals surface area contributed by atoms with Crippen LogP contribution in [0, 0.1) is 0 Å². The molecule has 0 bridgehead atoms. The minimum absolute atomic E-state index is 0.141. The number of amides is 2. The zero-order valence-corrected chi connectivity index (χ0v) is 16.8. The second-order valence-corrected chi connectivity index (χ2v) is 7.12. The Kier molecular flexibility index (Phi) is 6.25. The lowest BCUT2D eigenvalue weighted by molar-refractivity contribution is -0.137. The zero-order chi connectivity index (χ0) is 21.9. The number of thioether (sulfide) groups is 1. The Labute approximate surface area is 174 Å². The first-order chi connectivity index (χ1) is 14.2. The van der Waals surface area contributed by atoms with Crippen LogP contribution in [0.5, 0.6) is 11.5 Å². The van der Waals surface area contributed by atoms with Gasteiger partial charge in [0, 0.05) is 11.3 Å².